The zero-order chi connectivity index (χ0) is 12.3. The van der Waals surface area contributed by atoms with E-state index in [4.69, 9.17) is 10.3 Å². The van der Waals surface area contributed by atoms with Crippen molar-refractivity contribution in [3.63, 3.8) is 0 Å². The van der Waals surface area contributed by atoms with E-state index >= 15 is 0 Å². The van der Waals surface area contributed by atoms with Crippen LogP contribution >= 0.6 is 12.4 Å². The van der Waals surface area contributed by atoms with Crippen molar-refractivity contribution in [3.05, 3.63) is 35.7 Å². The Morgan fingerprint density at radius 3 is 2.44 bits per heavy atom. The van der Waals surface area contributed by atoms with Gasteiger partial charge in [-0.25, -0.2) is 0 Å². The Bertz CT molecular complexity index is 481. The lowest BCUT2D eigenvalue weighted by Gasteiger charge is -1.99. The molecular weight excluding hydrogens is 250 g/mol. The zero-order valence-corrected chi connectivity index (χ0v) is 11.4. The fourth-order valence-electron chi connectivity index (χ4n) is 1.57. The highest BCUT2D eigenvalue weighted by Crippen LogP contribution is 2.19. The van der Waals surface area contributed by atoms with E-state index in [2.05, 4.69) is 29.2 Å². The quantitative estimate of drug-likeness (QED) is 0.924. The van der Waals surface area contributed by atoms with E-state index in [9.17, 15) is 0 Å². The van der Waals surface area contributed by atoms with Crippen molar-refractivity contribution < 1.29 is 4.52 Å². The number of hydrogen-bond acceptors (Lipinski definition) is 4. The van der Waals surface area contributed by atoms with Crippen LogP contribution < -0.4 is 5.73 Å². The van der Waals surface area contributed by atoms with Crippen LogP contribution in [-0.2, 0) is 6.42 Å². The van der Waals surface area contributed by atoms with Crippen molar-refractivity contribution in [3.8, 4) is 11.4 Å². The summed E-state index contributed by atoms with van der Waals surface area (Å²) in [4.78, 5) is 4.30. The number of rotatable bonds is 4. The Morgan fingerprint density at radius 2 is 1.89 bits per heavy atom. The summed E-state index contributed by atoms with van der Waals surface area (Å²) < 4.78 is 5.14. The summed E-state index contributed by atoms with van der Waals surface area (Å²) in [5.74, 6) is 1.11. The maximum Gasteiger partial charge on any atom is 0.243 e. The first-order chi connectivity index (χ1) is 8.24. The van der Waals surface area contributed by atoms with Crippen molar-refractivity contribution in [2.24, 2.45) is 5.73 Å². The van der Waals surface area contributed by atoms with Gasteiger partial charge in [-0.15, -0.1) is 12.4 Å². The lowest BCUT2D eigenvalue weighted by molar-refractivity contribution is 0.352. The summed E-state index contributed by atoms with van der Waals surface area (Å²) >= 11 is 0. The van der Waals surface area contributed by atoms with E-state index in [0.29, 0.717) is 11.7 Å². The minimum absolute atomic E-state index is 0. The molecule has 0 bridgehead atoms. The second-order valence-corrected chi connectivity index (χ2v) is 4.02. The highest BCUT2D eigenvalue weighted by molar-refractivity contribution is 5.85. The number of aromatic nitrogens is 2. The third-order valence-electron chi connectivity index (χ3n) is 2.82. The summed E-state index contributed by atoms with van der Waals surface area (Å²) in [5, 5.41) is 3.94. The first-order valence-corrected chi connectivity index (χ1v) is 5.93. The van der Waals surface area contributed by atoms with Crippen molar-refractivity contribution in [2.75, 3.05) is 0 Å². The number of nitrogens with zero attached hydrogens (tertiary/aromatic N) is 2. The highest BCUT2D eigenvalue weighted by Gasteiger charge is 2.13. The molecule has 0 unspecified atom stereocenters. The van der Waals surface area contributed by atoms with Gasteiger partial charge in [0.2, 0.25) is 11.7 Å². The predicted octanol–water partition coefficient (Wildman–Crippen LogP) is 3.13. The third-order valence-corrected chi connectivity index (χ3v) is 2.82. The minimum Gasteiger partial charge on any atom is -0.337 e. The van der Waals surface area contributed by atoms with E-state index in [1.165, 1.54) is 5.56 Å². The monoisotopic (exact) mass is 267 g/mol. The molecule has 98 valence electrons. The van der Waals surface area contributed by atoms with Crippen LogP contribution in [-0.4, -0.2) is 10.1 Å². The molecule has 2 rings (SSSR count). The number of hydrogen-bond donors (Lipinski definition) is 1. The summed E-state index contributed by atoms with van der Waals surface area (Å²) in [6.45, 7) is 4.12. The minimum atomic E-state index is -0.175. The number of benzene rings is 1. The first-order valence-electron chi connectivity index (χ1n) is 5.93. The standard InChI is InChI=1S/C13H17N3O.ClH/c1-3-9-5-7-10(8-6-9)12-15-13(17-16-12)11(14)4-2;/h5-8,11H,3-4,14H2,1-2H3;1H/t11-;/m0./s1. The van der Waals surface area contributed by atoms with Gasteiger partial charge in [0.1, 0.15) is 0 Å². The lowest BCUT2D eigenvalue weighted by Crippen LogP contribution is -2.08. The van der Waals surface area contributed by atoms with Crippen molar-refractivity contribution in [2.45, 2.75) is 32.7 Å². The summed E-state index contributed by atoms with van der Waals surface area (Å²) in [7, 11) is 0. The lowest BCUT2D eigenvalue weighted by atomic mass is 10.1. The Morgan fingerprint density at radius 1 is 1.22 bits per heavy atom. The molecule has 4 nitrogen and oxygen atoms in total. The number of halogens is 1. The molecule has 1 atom stereocenters. The topological polar surface area (TPSA) is 64.9 Å². The maximum absolute atomic E-state index is 5.84. The molecule has 1 aromatic heterocycles. The number of nitrogens with two attached hydrogens (primary N) is 1. The van der Waals surface area contributed by atoms with Gasteiger partial charge >= 0.3 is 0 Å². The second kappa shape index (κ2) is 6.52. The third kappa shape index (κ3) is 3.09. The number of aryl methyl sites for hydroxylation is 1. The van der Waals surface area contributed by atoms with Gasteiger partial charge in [-0.2, -0.15) is 4.98 Å². The van der Waals surface area contributed by atoms with Gasteiger partial charge in [0.05, 0.1) is 6.04 Å². The van der Waals surface area contributed by atoms with E-state index in [-0.39, 0.29) is 18.4 Å². The fourth-order valence-corrected chi connectivity index (χ4v) is 1.57. The normalized spacial score (nSPS) is 11.9. The second-order valence-electron chi connectivity index (χ2n) is 4.02. The molecule has 0 fully saturated rings. The summed E-state index contributed by atoms with van der Waals surface area (Å²) in [6, 6.07) is 7.98. The smallest absolute Gasteiger partial charge is 0.243 e. The van der Waals surface area contributed by atoms with Gasteiger partial charge in [0.25, 0.3) is 0 Å². The van der Waals surface area contributed by atoms with Gasteiger partial charge in [-0.3, -0.25) is 0 Å². The van der Waals surface area contributed by atoms with Crippen LogP contribution in [0.4, 0.5) is 0 Å². The van der Waals surface area contributed by atoms with Crippen LogP contribution in [0.15, 0.2) is 28.8 Å². The molecule has 0 aliphatic carbocycles. The van der Waals surface area contributed by atoms with Gasteiger partial charge in [-0.05, 0) is 18.4 Å². The molecule has 0 aliphatic rings. The van der Waals surface area contributed by atoms with E-state index in [1.54, 1.807) is 0 Å². The summed E-state index contributed by atoms with van der Waals surface area (Å²) in [5.41, 5.74) is 8.09. The molecular formula is C13H18ClN3O. The molecule has 2 N–H and O–H groups in total. The Hall–Kier alpha value is -1.39. The van der Waals surface area contributed by atoms with Crippen molar-refractivity contribution >= 4 is 12.4 Å². The molecule has 0 spiro atoms. The average molecular weight is 268 g/mol. The molecule has 0 saturated carbocycles. The predicted molar refractivity (Wildman–Crippen MR) is 73.6 cm³/mol. The molecule has 18 heavy (non-hydrogen) atoms. The average Bonchev–Trinajstić information content (AvgIpc) is 2.87. The van der Waals surface area contributed by atoms with Crippen LogP contribution in [0.25, 0.3) is 11.4 Å². The fraction of sp³-hybridized carbons (Fsp3) is 0.385. The maximum atomic E-state index is 5.84. The summed E-state index contributed by atoms with van der Waals surface area (Å²) in [6.07, 6.45) is 1.81. The van der Waals surface area contributed by atoms with Crippen molar-refractivity contribution in [1.29, 1.82) is 0 Å². The molecule has 0 amide bonds. The van der Waals surface area contributed by atoms with Gasteiger partial charge in [-0.1, -0.05) is 43.3 Å². The molecule has 0 aliphatic heterocycles. The largest absolute Gasteiger partial charge is 0.337 e. The molecule has 0 saturated heterocycles. The van der Waals surface area contributed by atoms with Crippen molar-refractivity contribution in [1.82, 2.24) is 10.1 Å². The first kappa shape index (κ1) is 14.7. The van der Waals surface area contributed by atoms with Crippen LogP contribution in [0, 0.1) is 0 Å². The Kier molecular flexibility index (Phi) is 5.31. The van der Waals surface area contributed by atoms with Crippen LogP contribution in [0.2, 0.25) is 0 Å². The van der Waals surface area contributed by atoms with Gasteiger partial charge < -0.3 is 10.3 Å². The molecule has 1 heterocycles. The van der Waals surface area contributed by atoms with E-state index in [0.717, 1.165) is 18.4 Å². The van der Waals surface area contributed by atoms with Crippen LogP contribution in [0.1, 0.15) is 37.8 Å². The molecule has 2 aromatic rings. The van der Waals surface area contributed by atoms with Crippen LogP contribution in [0.3, 0.4) is 0 Å². The van der Waals surface area contributed by atoms with E-state index in [1.807, 2.05) is 19.1 Å². The van der Waals surface area contributed by atoms with Gasteiger partial charge in [0.15, 0.2) is 0 Å². The highest BCUT2D eigenvalue weighted by atomic mass is 35.5. The Labute approximate surface area is 113 Å². The SMILES string of the molecule is CCc1ccc(-c2noc([C@@H](N)CC)n2)cc1.Cl. The molecule has 0 radical (unpaired) electrons. The van der Waals surface area contributed by atoms with Crippen LogP contribution in [0.5, 0.6) is 0 Å². The Balaban J connectivity index is 0.00000162. The van der Waals surface area contributed by atoms with Gasteiger partial charge in [0, 0.05) is 5.56 Å². The zero-order valence-electron chi connectivity index (χ0n) is 10.6. The molecule has 1 aromatic carbocycles. The van der Waals surface area contributed by atoms with E-state index < -0.39 is 0 Å². The molecule has 5 heteroatoms.